The first-order valence-electron chi connectivity index (χ1n) is 6.62. The van der Waals surface area contributed by atoms with Crippen LogP contribution in [0.5, 0.6) is 0 Å². The predicted molar refractivity (Wildman–Crippen MR) is 85.2 cm³/mol. The molecule has 106 valence electrons. The molecule has 5 heteroatoms. The molecule has 1 aromatic heterocycles. The van der Waals surface area contributed by atoms with E-state index in [0.717, 1.165) is 29.8 Å². The van der Waals surface area contributed by atoms with Crippen LogP contribution < -0.4 is 0 Å². The molecule has 0 aliphatic rings. The molecule has 0 amide bonds. The van der Waals surface area contributed by atoms with Gasteiger partial charge in [0.1, 0.15) is 0 Å². The minimum absolute atomic E-state index is 0.658. The van der Waals surface area contributed by atoms with Gasteiger partial charge in [-0.25, -0.2) is 4.68 Å². The van der Waals surface area contributed by atoms with Gasteiger partial charge in [-0.3, -0.25) is 0 Å². The van der Waals surface area contributed by atoms with Gasteiger partial charge in [0.25, 0.3) is 0 Å². The van der Waals surface area contributed by atoms with Crippen LogP contribution in [-0.2, 0) is 12.8 Å². The van der Waals surface area contributed by atoms with Crippen molar-refractivity contribution in [3.8, 4) is 5.69 Å². The van der Waals surface area contributed by atoms with E-state index in [2.05, 4.69) is 10.3 Å². The van der Waals surface area contributed by atoms with Crippen molar-refractivity contribution < 1.29 is 0 Å². The molecule has 0 aliphatic heterocycles. The summed E-state index contributed by atoms with van der Waals surface area (Å²) >= 11 is 12.0. The first-order chi connectivity index (χ1) is 10.2. The Morgan fingerprint density at radius 1 is 0.905 bits per heavy atom. The van der Waals surface area contributed by atoms with Gasteiger partial charge in [-0.2, -0.15) is 0 Å². The first kappa shape index (κ1) is 14.1. The molecular formula is C16H13Cl2N3. The Morgan fingerprint density at radius 2 is 1.62 bits per heavy atom. The lowest BCUT2D eigenvalue weighted by Gasteiger charge is -2.01. The fourth-order valence-electron chi connectivity index (χ4n) is 2.15. The summed E-state index contributed by atoms with van der Waals surface area (Å²) in [6.07, 6.45) is 3.57. The zero-order valence-electron chi connectivity index (χ0n) is 11.2. The molecule has 0 unspecified atom stereocenters. The van der Waals surface area contributed by atoms with Crippen LogP contribution in [0.4, 0.5) is 0 Å². The molecule has 3 aromatic rings. The number of hydrogen-bond donors (Lipinski definition) is 0. The number of benzene rings is 2. The van der Waals surface area contributed by atoms with Crippen LogP contribution >= 0.6 is 23.2 Å². The van der Waals surface area contributed by atoms with Gasteiger partial charge in [-0.05, 0) is 48.7 Å². The summed E-state index contributed by atoms with van der Waals surface area (Å²) in [4.78, 5) is 0. The van der Waals surface area contributed by atoms with Crippen LogP contribution in [-0.4, -0.2) is 15.0 Å². The Balaban J connectivity index is 1.70. The quantitative estimate of drug-likeness (QED) is 0.715. The second kappa shape index (κ2) is 6.29. The molecule has 0 saturated heterocycles. The summed E-state index contributed by atoms with van der Waals surface area (Å²) in [7, 11) is 0. The van der Waals surface area contributed by atoms with Gasteiger partial charge in [0, 0.05) is 10.0 Å². The van der Waals surface area contributed by atoms with Gasteiger partial charge in [-0.15, -0.1) is 5.10 Å². The highest BCUT2D eigenvalue weighted by atomic mass is 35.5. The van der Waals surface area contributed by atoms with Crippen molar-refractivity contribution in [2.24, 2.45) is 0 Å². The standard InChI is InChI=1S/C16H13Cl2N3/c17-13-8-12(9-14(18)10-13)6-7-15-11-21(20-19-15)16-4-2-1-3-5-16/h1-5,8-11H,6-7H2. The molecule has 0 bridgehead atoms. The number of aryl methyl sites for hydroxylation is 2. The SMILES string of the molecule is Clc1cc(Cl)cc(CCc2cn(-c3ccccc3)nn2)c1. The van der Waals surface area contributed by atoms with E-state index in [-0.39, 0.29) is 0 Å². The van der Waals surface area contributed by atoms with Crippen molar-refractivity contribution in [3.63, 3.8) is 0 Å². The van der Waals surface area contributed by atoms with Crippen LogP contribution in [0, 0.1) is 0 Å². The summed E-state index contributed by atoms with van der Waals surface area (Å²) in [6.45, 7) is 0. The third-order valence-corrected chi connectivity index (χ3v) is 3.59. The average Bonchev–Trinajstić information content (AvgIpc) is 2.94. The molecule has 0 aliphatic carbocycles. The van der Waals surface area contributed by atoms with Gasteiger partial charge in [0.15, 0.2) is 0 Å². The van der Waals surface area contributed by atoms with E-state index in [0.29, 0.717) is 10.0 Å². The zero-order valence-corrected chi connectivity index (χ0v) is 12.7. The highest BCUT2D eigenvalue weighted by Crippen LogP contribution is 2.20. The van der Waals surface area contributed by atoms with Crippen LogP contribution in [0.2, 0.25) is 10.0 Å². The zero-order chi connectivity index (χ0) is 14.7. The third kappa shape index (κ3) is 3.63. The summed E-state index contributed by atoms with van der Waals surface area (Å²) in [5.41, 5.74) is 3.04. The lowest BCUT2D eigenvalue weighted by Crippen LogP contribution is -1.93. The van der Waals surface area contributed by atoms with E-state index in [9.17, 15) is 0 Å². The fourth-order valence-corrected chi connectivity index (χ4v) is 2.72. The molecule has 0 radical (unpaired) electrons. The van der Waals surface area contributed by atoms with E-state index in [1.165, 1.54) is 0 Å². The van der Waals surface area contributed by atoms with Gasteiger partial charge in [0.05, 0.1) is 17.6 Å². The molecule has 3 rings (SSSR count). The smallest absolute Gasteiger partial charge is 0.0835 e. The van der Waals surface area contributed by atoms with Crippen molar-refractivity contribution in [3.05, 3.63) is 76.0 Å². The predicted octanol–water partition coefficient (Wildman–Crippen LogP) is 4.36. The number of nitrogens with zero attached hydrogens (tertiary/aromatic N) is 3. The van der Waals surface area contributed by atoms with E-state index in [4.69, 9.17) is 23.2 Å². The monoisotopic (exact) mass is 317 g/mol. The summed E-state index contributed by atoms with van der Waals surface area (Å²) in [6, 6.07) is 15.5. The Bertz CT molecular complexity index is 718. The molecule has 2 aromatic carbocycles. The van der Waals surface area contributed by atoms with E-state index in [1.807, 2.05) is 48.7 Å². The maximum absolute atomic E-state index is 6.00. The molecule has 0 atom stereocenters. The van der Waals surface area contributed by atoms with E-state index >= 15 is 0 Å². The summed E-state index contributed by atoms with van der Waals surface area (Å²) in [5.74, 6) is 0. The number of aromatic nitrogens is 3. The highest BCUT2D eigenvalue weighted by molar-refractivity contribution is 6.34. The lowest BCUT2D eigenvalue weighted by atomic mass is 10.1. The number of para-hydroxylation sites is 1. The van der Waals surface area contributed by atoms with E-state index < -0.39 is 0 Å². The van der Waals surface area contributed by atoms with Crippen molar-refractivity contribution in [1.29, 1.82) is 0 Å². The van der Waals surface area contributed by atoms with Gasteiger partial charge < -0.3 is 0 Å². The van der Waals surface area contributed by atoms with Crippen molar-refractivity contribution >= 4 is 23.2 Å². The Hall–Kier alpha value is -1.84. The first-order valence-corrected chi connectivity index (χ1v) is 7.38. The molecule has 3 nitrogen and oxygen atoms in total. The van der Waals surface area contributed by atoms with Gasteiger partial charge >= 0.3 is 0 Å². The number of hydrogen-bond acceptors (Lipinski definition) is 2. The molecule has 21 heavy (non-hydrogen) atoms. The molecule has 0 N–H and O–H groups in total. The van der Waals surface area contributed by atoms with Crippen LogP contribution in [0.1, 0.15) is 11.3 Å². The maximum atomic E-state index is 6.00. The van der Waals surface area contributed by atoms with E-state index in [1.54, 1.807) is 10.7 Å². The highest BCUT2D eigenvalue weighted by Gasteiger charge is 2.04. The van der Waals surface area contributed by atoms with Crippen LogP contribution in [0.25, 0.3) is 5.69 Å². The normalized spacial score (nSPS) is 10.8. The second-order valence-corrected chi connectivity index (χ2v) is 5.64. The topological polar surface area (TPSA) is 30.7 Å². The maximum Gasteiger partial charge on any atom is 0.0835 e. The molecule has 0 fully saturated rings. The van der Waals surface area contributed by atoms with Crippen LogP contribution in [0.3, 0.4) is 0 Å². The molecular weight excluding hydrogens is 305 g/mol. The average molecular weight is 318 g/mol. The second-order valence-electron chi connectivity index (χ2n) is 4.77. The largest absolute Gasteiger partial charge is 0.220 e. The molecule has 0 saturated carbocycles. The van der Waals surface area contributed by atoms with Crippen molar-refractivity contribution in [1.82, 2.24) is 15.0 Å². The Morgan fingerprint density at radius 3 is 2.33 bits per heavy atom. The van der Waals surface area contributed by atoms with Crippen LogP contribution in [0.15, 0.2) is 54.7 Å². The van der Waals surface area contributed by atoms with Gasteiger partial charge in [0.2, 0.25) is 0 Å². The van der Waals surface area contributed by atoms with Crippen molar-refractivity contribution in [2.75, 3.05) is 0 Å². The fraction of sp³-hybridized carbons (Fsp3) is 0.125. The Labute approximate surface area is 133 Å². The minimum Gasteiger partial charge on any atom is -0.220 e. The minimum atomic E-state index is 0.658. The van der Waals surface area contributed by atoms with Crippen molar-refractivity contribution in [2.45, 2.75) is 12.8 Å². The lowest BCUT2D eigenvalue weighted by molar-refractivity contribution is 0.794. The molecule has 0 spiro atoms. The number of rotatable bonds is 4. The molecule has 1 heterocycles. The van der Waals surface area contributed by atoms with Gasteiger partial charge in [-0.1, -0.05) is 46.6 Å². The third-order valence-electron chi connectivity index (χ3n) is 3.15. The Kier molecular flexibility index (Phi) is 4.23. The summed E-state index contributed by atoms with van der Waals surface area (Å²) in [5, 5.41) is 9.66. The summed E-state index contributed by atoms with van der Waals surface area (Å²) < 4.78 is 1.78. The number of halogens is 2.